The monoisotopic (exact) mass is 297 g/mol. The van der Waals surface area contributed by atoms with Gasteiger partial charge in [-0.1, -0.05) is 42.6 Å². The van der Waals surface area contributed by atoms with Gasteiger partial charge in [0.2, 0.25) is 0 Å². The van der Waals surface area contributed by atoms with E-state index in [1.165, 1.54) is 5.56 Å². The van der Waals surface area contributed by atoms with Gasteiger partial charge in [-0.3, -0.25) is 4.68 Å². The molecule has 0 saturated carbocycles. The van der Waals surface area contributed by atoms with E-state index in [2.05, 4.69) is 17.0 Å². The molecule has 0 saturated heterocycles. The molecule has 5 heteroatoms. The lowest BCUT2D eigenvalue weighted by Crippen LogP contribution is -2.06. The van der Waals surface area contributed by atoms with Crippen molar-refractivity contribution < 1.29 is 0 Å². The third-order valence-corrected chi connectivity index (χ3v) is 3.78. The van der Waals surface area contributed by atoms with Crippen molar-refractivity contribution in [1.82, 2.24) is 14.8 Å². The molecular formula is C14H17Cl2N3. The number of halogens is 2. The zero-order chi connectivity index (χ0) is 13.7. The summed E-state index contributed by atoms with van der Waals surface area (Å²) in [5.74, 6) is 0.430. The Bertz CT molecular complexity index is 511. The zero-order valence-corrected chi connectivity index (χ0v) is 12.4. The normalized spacial score (nSPS) is 12.6. The highest BCUT2D eigenvalue weighted by atomic mass is 35.5. The fourth-order valence-corrected chi connectivity index (χ4v) is 2.84. The molecule has 0 spiro atoms. The zero-order valence-electron chi connectivity index (χ0n) is 10.9. The van der Waals surface area contributed by atoms with E-state index < -0.39 is 0 Å². The molecule has 2 rings (SSSR count). The molecule has 0 aliphatic rings. The Morgan fingerprint density at radius 1 is 1.26 bits per heavy atom. The fourth-order valence-electron chi connectivity index (χ4n) is 2.27. The minimum atomic E-state index is 0.430. The lowest BCUT2D eigenvalue weighted by Gasteiger charge is -2.18. The molecule has 0 bridgehead atoms. The molecule has 0 aliphatic carbocycles. The molecule has 102 valence electrons. The molecule has 2 aromatic rings. The number of nitrogens with zero attached hydrogens (tertiary/aromatic N) is 3. The Morgan fingerprint density at radius 2 is 2.11 bits per heavy atom. The molecule has 1 atom stereocenters. The van der Waals surface area contributed by atoms with E-state index in [0.717, 1.165) is 30.8 Å². The van der Waals surface area contributed by atoms with Gasteiger partial charge in [0, 0.05) is 16.6 Å². The highest BCUT2D eigenvalue weighted by Crippen LogP contribution is 2.32. The highest BCUT2D eigenvalue weighted by molar-refractivity contribution is 6.35. The van der Waals surface area contributed by atoms with Gasteiger partial charge in [0.15, 0.2) is 0 Å². The SMILES string of the molecule is CCCC(CCn1cncn1)c1ccc(Cl)cc1Cl. The highest BCUT2D eigenvalue weighted by Gasteiger charge is 2.14. The molecule has 0 aliphatic heterocycles. The lowest BCUT2D eigenvalue weighted by atomic mass is 9.91. The molecule has 19 heavy (non-hydrogen) atoms. The Kier molecular flexibility index (Phi) is 5.23. The van der Waals surface area contributed by atoms with E-state index in [0.29, 0.717) is 10.9 Å². The van der Waals surface area contributed by atoms with E-state index in [4.69, 9.17) is 23.2 Å². The number of aromatic nitrogens is 3. The molecule has 1 aromatic carbocycles. The molecule has 1 unspecified atom stereocenters. The van der Waals surface area contributed by atoms with E-state index in [1.807, 2.05) is 22.9 Å². The van der Waals surface area contributed by atoms with Crippen molar-refractivity contribution in [3.63, 3.8) is 0 Å². The Hall–Kier alpha value is -1.06. The maximum absolute atomic E-state index is 6.30. The average Bonchev–Trinajstić information content (AvgIpc) is 2.88. The van der Waals surface area contributed by atoms with Crippen LogP contribution in [0.1, 0.15) is 37.7 Å². The molecule has 3 nitrogen and oxygen atoms in total. The Balaban J connectivity index is 2.10. The van der Waals surface area contributed by atoms with Crippen LogP contribution >= 0.6 is 23.2 Å². The second kappa shape index (κ2) is 6.92. The van der Waals surface area contributed by atoms with Gasteiger partial charge >= 0.3 is 0 Å². The standard InChI is InChI=1S/C14H17Cl2N3/c1-2-3-11(6-7-19-10-17-9-18-19)13-5-4-12(15)8-14(13)16/h4-5,8-11H,2-3,6-7H2,1H3. The summed E-state index contributed by atoms with van der Waals surface area (Å²) < 4.78 is 1.85. The van der Waals surface area contributed by atoms with Crippen LogP contribution in [0.4, 0.5) is 0 Å². The minimum Gasteiger partial charge on any atom is -0.253 e. The van der Waals surface area contributed by atoms with Crippen molar-refractivity contribution in [3.05, 3.63) is 46.5 Å². The molecule has 1 heterocycles. The summed E-state index contributed by atoms with van der Waals surface area (Å²) in [7, 11) is 0. The van der Waals surface area contributed by atoms with Gasteiger partial charge in [-0.15, -0.1) is 0 Å². The second-order valence-corrected chi connectivity index (χ2v) is 5.44. The van der Waals surface area contributed by atoms with Crippen LogP contribution in [-0.4, -0.2) is 14.8 Å². The Labute approximate surface area is 123 Å². The molecule has 0 amide bonds. The maximum atomic E-state index is 6.30. The third-order valence-electron chi connectivity index (χ3n) is 3.21. The molecular weight excluding hydrogens is 281 g/mol. The van der Waals surface area contributed by atoms with Gasteiger partial charge < -0.3 is 0 Å². The first-order chi connectivity index (χ1) is 9.20. The predicted molar refractivity (Wildman–Crippen MR) is 78.8 cm³/mol. The van der Waals surface area contributed by atoms with Crippen molar-refractivity contribution in [2.45, 2.75) is 38.6 Å². The first-order valence-electron chi connectivity index (χ1n) is 6.48. The summed E-state index contributed by atoms with van der Waals surface area (Å²) in [6.45, 7) is 3.04. The topological polar surface area (TPSA) is 30.7 Å². The maximum Gasteiger partial charge on any atom is 0.137 e. The first-order valence-corrected chi connectivity index (χ1v) is 7.23. The van der Waals surface area contributed by atoms with Gasteiger partial charge in [0.05, 0.1) is 0 Å². The molecule has 0 N–H and O–H groups in total. The smallest absolute Gasteiger partial charge is 0.137 e. The van der Waals surface area contributed by atoms with E-state index in [-0.39, 0.29) is 0 Å². The number of benzene rings is 1. The van der Waals surface area contributed by atoms with Crippen LogP contribution in [-0.2, 0) is 6.54 Å². The van der Waals surface area contributed by atoms with Crippen LogP contribution in [0.5, 0.6) is 0 Å². The predicted octanol–water partition coefficient (Wildman–Crippen LogP) is 4.56. The third kappa shape index (κ3) is 3.95. The molecule has 0 fully saturated rings. The number of rotatable bonds is 6. The summed E-state index contributed by atoms with van der Waals surface area (Å²) in [5.41, 5.74) is 1.17. The second-order valence-electron chi connectivity index (χ2n) is 4.60. The van der Waals surface area contributed by atoms with Crippen LogP contribution in [0, 0.1) is 0 Å². The van der Waals surface area contributed by atoms with Crippen molar-refractivity contribution >= 4 is 23.2 Å². The van der Waals surface area contributed by atoms with Crippen LogP contribution in [0.25, 0.3) is 0 Å². The summed E-state index contributed by atoms with van der Waals surface area (Å²) in [6.07, 6.45) is 6.53. The summed E-state index contributed by atoms with van der Waals surface area (Å²) in [4.78, 5) is 3.96. The molecule has 1 aromatic heterocycles. The first kappa shape index (κ1) is 14.4. The van der Waals surface area contributed by atoms with Gasteiger partial charge in [-0.05, 0) is 36.5 Å². The number of hydrogen-bond acceptors (Lipinski definition) is 2. The van der Waals surface area contributed by atoms with Gasteiger partial charge in [-0.25, -0.2) is 4.98 Å². The van der Waals surface area contributed by atoms with Crippen LogP contribution in [0.2, 0.25) is 10.0 Å². The minimum absolute atomic E-state index is 0.430. The summed E-state index contributed by atoms with van der Waals surface area (Å²) in [6, 6.07) is 5.75. The van der Waals surface area contributed by atoms with Gasteiger partial charge in [0.25, 0.3) is 0 Å². The van der Waals surface area contributed by atoms with Crippen LogP contribution in [0.15, 0.2) is 30.9 Å². The van der Waals surface area contributed by atoms with Gasteiger partial charge in [0.1, 0.15) is 12.7 Å². The van der Waals surface area contributed by atoms with Crippen molar-refractivity contribution in [3.8, 4) is 0 Å². The Morgan fingerprint density at radius 3 is 2.74 bits per heavy atom. The van der Waals surface area contributed by atoms with E-state index in [1.54, 1.807) is 12.7 Å². The van der Waals surface area contributed by atoms with Crippen LogP contribution in [0.3, 0.4) is 0 Å². The largest absolute Gasteiger partial charge is 0.253 e. The quantitative estimate of drug-likeness (QED) is 0.782. The number of aryl methyl sites for hydroxylation is 1. The average molecular weight is 298 g/mol. The van der Waals surface area contributed by atoms with Gasteiger partial charge in [-0.2, -0.15) is 5.10 Å². The van der Waals surface area contributed by atoms with Crippen molar-refractivity contribution in [1.29, 1.82) is 0 Å². The summed E-state index contributed by atoms with van der Waals surface area (Å²) in [5, 5.41) is 5.57. The van der Waals surface area contributed by atoms with Crippen molar-refractivity contribution in [2.75, 3.05) is 0 Å². The van der Waals surface area contributed by atoms with E-state index in [9.17, 15) is 0 Å². The van der Waals surface area contributed by atoms with Crippen molar-refractivity contribution in [2.24, 2.45) is 0 Å². The van der Waals surface area contributed by atoms with Crippen LogP contribution < -0.4 is 0 Å². The van der Waals surface area contributed by atoms with E-state index >= 15 is 0 Å². The molecule has 0 radical (unpaired) electrons. The fraction of sp³-hybridized carbons (Fsp3) is 0.429. The summed E-state index contributed by atoms with van der Waals surface area (Å²) >= 11 is 12.3. The number of hydrogen-bond donors (Lipinski definition) is 0. The lowest BCUT2D eigenvalue weighted by molar-refractivity contribution is 0.488.